The summed E-state index contributed by atoms with van der Waals surface area (Å²) in [5.41, 5.74) is 1.30. The third-order valence-corrected chi connectivity index (χ3v) is 3.58. The van der Waals surface area contributed by atoms with E-state index in [0.29, 0.717) is 6.10 Å². The van der Waals surface area contributed by atoms with Crippen molar-refractivity contribution < 1.29 is 4.74 Å². The minimum Gasteiger partial charge on any atom is -0.376 e. The van der Waals surface area contributed by atoms with Gasteiger partial charge in [0.15, 0.2) is 5.13 Å². The van der Waals surface area contributed by atoms with E-state index >= 15 is 0 Å². The molecule has 1 unspecified atom stereocenters. The molecule has 3 nitrogen and oxygen atoms in total. The zero-order chi connectivity index (χ0) is 11.6. The van der Waals surface area contributed by atoms with Gasteiger partial charge in [0.1, 0.15) is 0 Å². The zero-order valence-electron chi connectivity index (χ0n) is 10.2. The van der Waals surface area contributed by atoms with Crippen LogP contribution in [0.5, 0.6) is 0 Å². The first-order chi connectivity index (χ1) is 7.55. The van der Waals surface area contributed by atoms with Crippen molar-refractivity contribution in [1.82, 2.24) is 4.98 Å². The second-order valence-corrected chi connectivity index (χ2v) is 6.16. The Hall–Kier alpha value is -0.610. The molecule has 0 aromatic carbocycles. The molecule has 16 heavy (non-hydrogen) atoms. The first-order valence-corrected chi connectivity index (χ1v) is 6.75. The van der Waals surface area contributed by atoms with Crippen molar-refractivity contribution in [2.24, 2.45) is 0 Å². The minimum absolute atomic E-state index is 0.139. The maximum absolute atomic E-state index is 5.56. The van der Waals surface area contributed by atoms with Crippen molar-refractivity contribution in [2.45, 2.75) is 45.1 Å². The summed E-state index contributed by atoms with van der Waals surface area (Å²) in [7, 11) is 0. The number of nitrogens with zero attached hydrogens (tertiary/aromatic N) is 1. The Bertz CT molecular complexity index is 337. The molecule has 0 bridgehead atoms. The van der Waals surface area contributed by atoms with Crippen molar-refractivity contribution in [3.8, 4) is 0 Å². The van der Waals surface area contributed by atoms with Crippen LogP contribution in [0.2, 0.25) is 0 Å². The van der Waals surface area contributed by atoms with Crippen LogP contribution >= 0.6 is 11.3 Å². The Labute approximate surface area is 101 Å². The molecule has 1 saturated heterocycles. The molecule has 2 heterocycles. The topological polar surface area (TPSA) is 34.1 Å². The molecule has 4 heteroatoms. The highest BCUT2D eigenvalue weighted by Gasteiger charge is 2.19. The molecule has 1 aromatic heterocycles. The van der Waals surface area contributed by atoms with Crippen molar-refractivity contribution >= 4 is 16.5 Å². The fourth-order valence-corrected chi connectivity index (χ4v) is 2.65. The number of ether oxygens (including phenoxy) is 1. The predicted molar refractivity (Wildman–Crippen MR) is 68.3 cm³/mol. The molecule has 90 valence electrons. The standard InChI is InChI=1S/C12H20N2OS/c1-12(2,3)10-8-16-11(14-10)13-7-9-5-4-6-15-9/h8-9H,4-7H2,1-3H3,(H,13,14). The van der Waals surface area contributed by atoms with Crippen LogP contribution < -0.4 is 5.32 Å². The van der Waals surface area contributed by atoms with Gasteiger partial charge in [-0.2, -0.15) is 0 Å². The minimum atomic E-state index is 0.139. The van der Waals surface area contributed by atoms with Crippen LogP contribution in [0.25, 0.3) is 0 Å². The third kappa shape index (κ3) is 2.95. The quantitative estimate of drug-likeness (QED) is 0.882. The van der Waals surface area contributed by atoms with Crippen molar-refractivity contribution in [3.63, 3.8) is 0 Å². The fraction of sp³-hybridized carbons (Fsp3) is 0.750. The molecule has 2 rings (SSSR count). The van der Waals surface area contributed by atoms with Crippen LogP contribution in [0.1, 0.15) is 39.3 Å². The summed E-state index contributed by atoms with van der Waals surface area (Å²) < 4.78 is 5.56. The molecule has 0 spiro atoms. The Kier molecular flexibility index (Phi) is 3.50. The van der Waals surface area contributed by atoms with Gasteiger partial charge in [-0.15, -0.1) is 11.3 Å². The van der Waals surface area contributed by atoms with E-state index in [0.717, 1.165) is 24.0 Å². The molecule has 0 aliphatic carbocycles. The third-order valence-electron chi connectivity index (χ3n) is 2.78. The molecule has 1 aliphatic heterocycles. The van der Waals surface area contributed by atoms with Crippen molar-refractivity contribution in [2.75, 3.05) is 18.5 Å². The summed E-state index contributed by atoms with van der Waals surface area (Å²) in [6.07, 6.45) is 2.74. The van der Waals surface area contributed by atoms with Gasteiger partial charge in [-0.25, -0.2) is 4.98 Å². The van der Waals surface area contributed by atoms with Gasteiger partial charge < -0.3 is 10.1 Å². The number of hydrogen-bond donors (Lipinski definition) is 1. The summed E-state index contributed by atoms with van der Waals surface area (Å²) in [5, 5.41) is 6.51. The van der Waals surface area contributed by atoms with Crippen LogP contribution in [0, 0.1) is 0 Å². The molecule has 1 aliphatic rings. The molecule has 0 radical (unpaired) electrons. The normalized spacial score (nSPS) is 21.3. The van der Waals surface area contributed by atoms with Gasteiger partial charge in [-0.3, -0.25) is 0 Å². The second kappa shape index (κ2) is 4.72. The van der Waals surface area contributed by atoms with Crippen LogP contribution in [-0.2, 0) is 10.2 Å². The average molecular weight is 240 g/mol. The van der Waals surface area contributed by atoms with Crippen molar-refractivity contribution in [1.29, 1.82) is 0 Å². The van der Waals surface area contributed by atoms with E-state index in [2.05, 4.69) is 36.5 Å². The van der Waals surface area contributed by atoms with E-state index in [4.69, 9.17) is 4.74 Å². The summed E-state index contributed by atoms with van der Waals surface area (Å²) >= 11 is 1.68. The van der Waals surface area contributed by atoms with Gasteiger partial charge in [0, 0.05) is 23.9 Å². The zero-order valence-corrected chi connectivity index (χ0v) is 11.1. The molecule has 1 N–H and O–H groups in total. The highest BCUT2D eigenvalue weighted by molar-refractivity contribution is 7.13. The monoisotopic (exact) mass is 240 g/mol. The van der Waals surface area contributed by atoms with E-state index in [-0.39, 0.29) is 5.41 Å². The highest BCUT2D eigenvalue weighted by Crippen LogP contribution is 2.26. The fourth-order valence-electron chi connectivity index (χ4n) is 1.71. The van der Waals surface area contributed by atoms with Gasteiger partial charge in [0.25, 0.3) is 0 Å². The molecular weight excluding hydrogens is 220 g/mol. The molecule has 1 atom stereocenters. The highest BCUT2D eigenvalue weighted by atomic mass is 32.1. The summed E-state index contributed by atoms with van der Waals surface area (Å²) in [6.45, 7) is 8.36. The first kappa shape index (κ1) is 11.9. The van der Waals surface area contributed by atoms with Crippen LogP contribution in [0.3, 0.4) is 0 Å². The molecular formula is C12H20N2OS. The molecule has 0 amide bonds. The Morgan fingerprint density at radius 1 is 1.56 bits per heavy atom. The lowest BCUT2D eigenvalue weighted by Gasteiger charge is -2.14. The van der Waals surface area contributed by atoms with Crippen LogP contribution in [-0.4, -0.2) is 24.2 Å². The number of hydrogen-bond acceptors (Lipinski definition) is 4. The first-order valence-electron chi connectivity index (χ1n) is 5.87. The molecule has 1 fully saturated rings. The van der Waals surface area contributed by atoms with Gasteiger partial charge in [0.05, 0.1) is 11.8 Å². The van der Waals surface area contributed by atoms with Gasteiger partial charge in [-0.05, 0) is 12.8 Å². The van der Waals surface area contributed by atoms with Gasteiger partial charge in [-0.1, -0.05) is 20.8 Å². The lowest BCUT2D eigenvalue weighted by Crippen LogP contribution is -2.18. The largest absolute Gasteiger partial charge is 0.376 e. The summed E-state index contributed by atoms with van der Waals surface area (Å²) in [6, 6.07) is 0. The summed E-state index contributed by atoms with van der Waals surface area (Å²) in [4.78, 5) is 4.59. The summed E-state index contributed by atoms with van der Waals surface area (Å²) in [5.74, 6) is 0. The number of thiazole rings is 1. The second-order valence-electron chi connectivity index (χ2n) is 5.30. The lowest BCUT2D eigenvalue weighted by molar-refractivity contribution is 0.120. The Morgan fingerprint density at radius 3 is 2.94 bits per heavy atom. The smallest absolute Gasteiger partial charge is 0.182 e. The number of aromatic nitrogens is 1. The molecule has 1 aromatic rings. The number of nitrogens with one attached hydrogen (secondary N) is 1. The van der Waals surface area contributed by atoms with Gasteiger partial charge >= 0.3 is 0 Å². The van der Waals surface area contributed by atoms with E-state index in [9.17, 15) is 0 Å². The van der Waals surface area contributed by atoms with Crippen LogP contribution in [0.15, 0.2) is 5.38 Å². The Balaban J connectivity index is 1.87. The van der Waals surface area contributed by atoms with E-state index < -0.39 is 0 Å². The van der Waals surface area contributed by atoms with E-state index in [1.165, 1.54) is 12.8 Å². The van der Waals surface area contributed by atoms with Crippen molar-refractivity contribution in [3.05, 3.63) is 11.1 Å². The van der Waals surface area contributed by atoms with E-state index in [1.807, 2.05) is 0 Å². The molecule has 0 saturated carbocycles. The lowest BCUT2D eigenvalue weighted by atomic mass is 9.93. The Morgan fingerprint density at radius 2 is 2.38 bits per heavy atom. The average Bonchev–Trinajstić information content (AvgIpc) is 2.85. The SMILES string of the molecule is CC(C)(C)c1csc(NCC2CCCO2)n1. The van der Waals surface area contributed by atoms with E-state index in [1.54, 1.807) is 11.3 Å². The number of anilines is 1. The number of rotatable bonds is 3. The van der Waals surface area contributed by atoms with Crippen LogP contribution in [0.4, 0.5) is 5.13 Å². The maximum atomic E-state index is 5.56. The maximum Gasteiger partial charge on any atom is 0.182 e. The van der Waals surface area contributed by atoms with Gasteiger partial charge in [0.2, 0.25) is 0 Å². The predicted octanol–water partition coefficient (Wildman–Crippen LogP) is 3.03.